The Labute approximate surface area is 105 Å². The van der Waals surface area contributed by atoms with Crippen LogP contribution in [-0.2, 0) is 4.79 Å². The molecule has 0 spiro atoms. The molecule has 1 fully saturated rings. The maximum atomic E-state index is 10.9. The van der Waals surface area contributed by atoms with E-state index in [1.165, 1.54) is 38.5 Å². The maximum Gasteiger partial charge on any atom is 0.323 e. The first-order chi connectivity index (χ1) is 7.92. The predicted octanol–water partition coefficient (Wildman–Crippen LogP) is 3.18. The Bertz CT molecular complexity index is 245. The highest BCUT2D eigenvalue weighted by molar-refractivity contribution is 5.77. The average Bonchev–Trinajstić information content (AvgIpc) is 2.69. The molecule has 0 bridgehead atoms. The minimum Gasteiger partial charge on any atom is -0.480 e. The zero-order valence-corrected chi connectivity index (χ0v) is 11.2. The first-order valence-electron chi connectivity index (χ1n) is 6.94. The third-order valence-corrected chi connectivity index (χ3v) is 4.05. The van der Waals surface area contributed by atoms with Crippen molar-refractivity contribution in [1.29, 1.82) is 0 Å². The van der Waals surface area contributed by atoms with Crippen molar-refractivity contribution in [2.45, 2.75) is 70.8 Å². The van der Waals surface area contributed by atoms with Gasteiger partial charge in [-0.05, 0) is 25.2 Å². The Morgan fingerprint density at radius 2 is 2.06 bits per heavy atom. The minimum atomic E-state index is -1.06. The van der Waals surface area contributed by atoms with Gasteiger partial charge in [-0.15, -0.1) is 0 Å². The first-order valence-corrected chi connectivity index (χ1v) is 6.94. The highest BCUT2D eigenvalue weighted by atomic mass is 16.4. The molecule has 1 aliphatic rings. The third kappa shape index (κ3) is 5.07. The number of carboxylic acids is 1. The van der Waals surface area contributed by atoms with Crippen LogP contribution in [0.2, 0.25) is 0 Å². The number of rotatable bonds is 7. The molecule has 1 rings (SSSR count). The summed E-state index contributed by atoms with van der Waals surface area (Å²) in [7, 11) is 0. The summed E-state index contributed by atoms with van der Waals surface area (Å²) < 4.78 is 0. The zero-order chi connectivity index (χ0) is 12.9. The smallest absolute Gasteiger partial charge is 0.323 e. The molecule has 3 N–H and O–H groups in total. The van der Waals surface area contributed by atoms with Crippen molar-refractivity contribution in [2.75, 3.05) is 0 Å². The Kier molecular flexibility index (Phi) is 5.44. The lowest BCUT2D eigenvalue weighted by atomic mass is 9.87. The molecule has 0 aliphatic heterocycles. The van der Waals surface area contributed by atoms with Gasteiger partial charge in [-0.25, -0.2) is 0 Å². The number of hydrogen-bond donors (Lipinski definition) is 2. The van der Waals surface area contributed by atoms with Crippen molar-refractivity contribution < 1.29 is 9.90 Å². The fourth-order valence-electron chi connectivity index (χ4n) is 2.97. The van der Waals surface area contributed by atoms with Gasteiger partial charge in [0.25, 0.3) is 0 Å². The molecular weight excluding hydrogens is 214 g/mol. The molecule has 2 unspecified atom stereocenters. The van der Waals surface area contributed by atoms with Gasteiger partial charge in [0, 0.05) is 0 Å². The van der Waals surface area contributed by atoms with Gasteiger partial charge < -0.3 is 10.8 Å². The van der Waals surface area contributed by atoms with Crippen LogP contribution in [0.1, 0.15) is 65.2 Å². The number of nitrogens with two attached hydrogens (primary N) is 1. The topological polar surface area (TPSA) is 63.3 Å². The van der Waals surface area contributed by atoms with Crippen molar-refractivity contribution in [2.24, 2.45) is 17.6 Å². The van der Waals surface area contributed by atoms with E-state index in [1.807, 2.05) is 0 Å². The fraction of sp³-hybridized carbons (Fsp3) is 0.929. The van der Waals surface area contributed by atoms with E-state index in [2.05, 4.69) is 6.92 Å². The van der Waals surface area contributed by atoms with Gasteiger partial charge >= 0.3 is 5.97 Å². The summed E-state index contributed by atoms with van der Waals surface area (Å²) in [5.74, 6) is 0.452. The first kappa shape index (κ1) is 14.5. The van der Waals surface area contributed by atoms with Gasteiger partial charge in [0.15, 0.2) is 0 Å². The van der Waals surface area contributed by atoms with Crippen LogP contribution >= 0.6 is 0 Å². The molecule has 0 aromatic heterocycles. The van der Waals surface area contributed by atoms with Crippen molar-refractivity contribution in [3.63, 3.8) is 0 Å². The molecule has 0 amide bonds. The zero-order valence-electron chi connectivity index (χ0n) is 11.2. The number of carbonyl (C=O) groups is 1. The molecule has 3 heteroatoms. The van der Waals surface area contributed by atoms with E-state index in [9.17, 15) is 4.79 Å². The van der Waals surface area contributed by atoms with Crippen LogP contribution in [0.4, 0.5) is 0 Å². The van der Waals surface area contributed by atoms with Crippen LogP contribution in [0.15, 0.2) is 0 Å². The largest absolute Gasteiger partial charge is 0.480 e. The molecule has 0 aromatic rings. The molecule has 100 valence electrons. The molecule has 1 aliphatic carbocycles. The Morgan fingerprint density at radius 1 is 1.47 bits per heavy atom. The second-order valence-corrected chi connectivity index (χ2v) is 6.11. The lowest BCUT2D eigenvalue weighted by Crippen LogP contribution is -2.46. The summed E-state index contributed by atoms with van der Waals surface area (Å²) in [6.07, 6.45) is 9.83. The van der Waals surface area contributed by atoms with Crippen LogP contribution in [0, 0.1) is 11.8 Å². The van der Waals surface area contributed by atoms with Crippen molar-refractivity contribution >= 4 is 5.97 Å². The summed E-state index contributed by atoms with van der Waals surface area (Å²) in [5.41, 5.74) is 4.69. The van der Waals surface area contributed by atoms with Gasteiger partial charge in [0.2, 0.25) is 0 Å². The van der Waals surface area contributed by atoms with E-state index in [-0.39, 0.29) is 0 Å². The van der Waals surface area contributed by atoms with Crippen molar-refractivity contribution in [1.82, 2.24) is 0 Å². The second kappa shape index (κ2) is 6.39. The normalized spacial score (nSPS) is 22.3. The second-order valence-electron chi connectivity index (χ2n) is 6.11. The molecule has 0 heterocycles. The number of hydrogen-bond acceptors (Lipinski definition) is 2. The number of carboxylic acid groups (broad SMARTS) is 1. The Balaban J connectivity index is 2.16. The third-order valence-electron chi connectivity index (χ3n) is 4.05. The summed E-state index contributed by atoms with van der Waals surface area (Å²) in [5, 5.41) is 8.96. The fourth-order valence-corrected chi connectivity index (χ4v) is 2.97. The molecule has 17 heavy (non-hydrogen) atoms. The SMILES string of the molecule is CC(CCCC1CCCC1)CC(C)(N)C(=O)O. The minimum absolute atomic E-state index is 0.405. The highest BCUT2D eigenvalue weighted by Gasteiger charge is 2.29. The predicted molar refractivity (Wildman–Crippen MR) is 69.8 cm³/mol. The van der Waals surface area contributed by atoms with Gasteiger partial charge in [-0.1, -0.05) is 51.9 Å². The molecule has 1 saturated carbocycles. The molecule has 0 radical (unpaired) electrons. The summed E-state index contributed by atoms with van der Waals surface area (Å²) in [4.78, 5) is 10.9. The quantitative estimate of drug-likeness (QED) is 0.719. The molecule has 0 saturated heterocycles. The van der Waals surface area contributed by atoms with Gasteiger partial charge in [-0.2, -0.15) is 0 Å². The average molecular weight is 241 g/mol. The van der Waals surface area contributed by atoms with E-state index in [1.54, 1.807) is 6.92 Å². The Hall–Kier alpha value is -0.570. The van der Waals surface area contributed by atoms with Crippen LogP contribution in [0.5, 0.6) is 0 Å². The van der Waals surface area contributed by atoms with Crippen LogP contribution in [-0.4, -0.2) is 16.6 Å². The van der Waals surface area contributed by atoms with E-state index in [0.29, 0.717) is 12.3 Å². The van der Waals surface area contributed by atoms with Gasteiger partial charge in [-0.3, -0.25) is 4.79 Å². The highest BCUT2D eigenvalue weighted by Crippen LogP contribution is 2.30. The summed E-state index contributed by atoms with van der Waals surface area (Å²) >= 11 is 0. The van der Waals surface area contributed by atoms with E-state index < -0.39 is 11.5 Å². The van der Waals surface area contributed by atoms with E-state index in [0.717, 1.165) is 12.3 Å². The lowest BCUT2D eigenvalue weighted by Gasteiger charge is -2.23. The van der Waals surface area contributed by atoms with Crippen LogP contribution in [0.3, 0.4) is 0 Å². The summed E-state index contributed by atoms with van der Waals surface area (Å²) in [6.45, 7) is 3.73. The number of aliphatic carboxylic acids is 1. The molecular formula is C14H27NO2. The van der Waals surface area contributed by atoms with Crippen molar-refractivity contribution in [3.05, 3.63) is 0 Å². The monoisotopic (exact) mass is 241 g/mol. The van der Waals surface area contributed by atoms with Crippen molar-refractivity contribution in [3.8, 4) is 0 Å². The van der Waals surface area contributed by atoms with E-state index >= 15 is 0 Å². The van der Waals surface area contributed by atoms with Crippen LogP contribution in [0.25, 0.3) is 0 Å². The molecule has 2 atom stereocenters. The summed E-state index contributed by atoms with van der Waals surface area (Å²) in [6, 6.07) is 0. The molecule has 0 aromatic carbocycles. The van der Waals surface area contributed by atoms with Gasteiger partial charge in [0.1, 0.15) is 5.54 Å². The Morgan fingerprint density at radius 3 is 2.59 bits per heavy atom. The van der Waals surface area contributed by atoms with E-state index in [4.69, 9.17) is 10.8 Å². The van der Waals surface area contributed by atoms with Gasteiger partial charge in [0.05, 0.1) is 0 Å². The lowest BCUT2D eigenvalue weighted by molar-refractivity contribution is -0.143. The maximum absolute atomic E-state index is 10.9. The molecule has 3 nitrogen and oxygen atoms in total. The van der Waals surface area contributed by atoms with Crippen LogP contribution < -0.4 is 5.73 Å². The standard InChI is InChI=1S/C14H27NO2/c1-11(10-14(2,15)13(16)17)6-5-9-12-7-3-4-8-12/h11-12H,3-10,15H2,1-2H3,(H,16,17).